The van der Waals surface area contributed by atoms with Gasteiger partial charge in [0.05, 0.1) is 11.8 Å². The number of benzene rings is 2. The smallest absolute Gasteiger partial charge is 0.317 e. The highest BCUT2D eigenvalue weighted by Gasteiger charge is 2.39. The van der Waals surface area contributed by atoms with Gasteiger partial charge in [-0.1, -0.05) is 60.7 Å². The van der Waals surface area contributed by atoms with E-state index < -0.39 is 10.0 Å². The molecule has 1 fully saturated rings. The highest BCUT2D eigenvalue weighted by Crippen LogP contribution is 2.30. The van der Waals surface area contributed by atoms with Crippen molar-refractivity contribution in [3.05, 3.63) is 85.0 Å². The predicted octanol–water partition coefficient (Wildman–Crippen LogP) is 3.90. The van der Waals surface area contributed by atoms with E-state index in [1.165, 1.54) is 0 Å². The van der Waals surface area contributed by atoms with Crippen molar-refractivity contribution in [2.75, 3.05) is 18.8 Å². The Balaban J connectivity index is 1.98. The molecule has 0 bridgehead atoms. The van der Waals surface area contributed by atoms with Gasteiger partial charge in [-0.25, -0.2) is 17.9 Å². The van der Waals surface area contributed by atoms with Gasteiger partial charge >= 0.3 is 6.03 Å². The van der Waals surface area contributed by atoms with Gasteiger partial charge in [0.25, 0.3) is 0 Å². The zero-order valence-corrected chi connectivity index (χ0v) is 20.0. The standard InChI is InChI=1S/C26H33N3O3S/c1-4-11-22-21(14-10-15-23(22)20-12-8-7-9-13-20)19-25-24(28-33(31,32)6-3)16-18-29(25)26(30)27-17-5-2/h4-5,7-10,12-15,24-25,28H,1-2,6,11,16-19H2,3H3,(H,27,30). The molecule has 33 heavy (non-hydrogen) atoms. The number of allylic oxidation sites excluding steroid dienone is 1. The number of amides is 2. The summed E-state index contributed by atoms with van der Waals surface area (Å²) in [6, 6.07) is 15.5. The van der Waals surface area contributed by atoms with Crippen LogP contribution in [0.5, 0.6) is 0 Å². The zero-order valence-electron chi connectivity index (χ0n) is 19.2. The van der Waals surface area contributed by atoms with Gasteiger partial charge in [0.15, 0.2) is 0 Å². The fraction of sp³-hybridized carbons (Fsp3) is 0.346. The molecule has 1 aliphatic heterocycles. The average molecular weight is 468 g/mol. The van der Waals surface area contributed by atoms with E-state index in [0.29, 0.717) is 32.4 Å². The number of carbonyl (C=O) groups is 1. The van der Waals surface area contributed by atoms with Crippen LogP contribution in [0.2, 0.25) is 0 Å². The quantitative estimate of drug-likeness (QED) is 0.520. The molecule has 0 aliphatic carbocycles. The highest BCUT2D eigenvalue weighted by molar-refractivity contribution is 7.89. The summed E-state index contributed by atoms with van der Waals surface area (Å²) in [4.78, 5) is 14.6. The highest BCUT2D eigenvalue weighted by atomic mass is 32.2. The first-order valence-corrected chi connectivity index (χ1v) is 13.0. The largest absolute Gasteiger partial charge is 0.335 e. The van der Waals surface area contributed by atoms with Gasteiger partial charge in [0.1, 0.15) is 0 Å². The first-order valence-electron chi connectivity index (χ1n) is 11.3. The topological polar surface area (TPSA) is 78.5 Å². The molecule has 2 amide bonds. The van der Waals surface area contributed by atoms with Crippen molar-refractivity contribution in [3.8, 4) is 11.1 Å². The predicted molar refractivity (Wildman–Crippen MR) is 135 cm³/mol. The first-order chi connectivity index (χ1) is 15.9. The summed E-state index contributed by atoms with van der Waals surface area (Å²) in [5.41, 5.74) is 4.48. The van der Waals surface area contributed by atoms with Crippen molar-refractivity contribution in [2.45, 2.75) is 38.3 Å². The Kier molecular flexibility index (Phi) is 8.47. The summed E-state index contributed by atoms with van der Waals surface area (Å²) in [6.45, 7) is 10.1. The molecule has 2 aromatic carbocycles. The minimum Gasteiger partial charge on any atom is -0.335 e. The molecule has 7 heteroatoms. The van der Waals surface area contributed by atoms with Crippen molar-refractivity contribution in [3.63, 3.8) is 0 Å². The minimum atomic E-state index is -3.41. The molecule has 0 spiro atoms. The van der Waals surface area contributed by atoms with Gasteiger partial charge in [-0.2, -0.15) is 0 Å². The van der Waals surface area contributed by atoms with Gasteiger partial charge in [0, 0.05) is 19.1 Å². The van der Waals surface area contributed by atoms with E-state index in [4.69, 9.17) is 0 Å². The van der Waals surface area contributed by atoms with Crippen LogP contribution in [0.25, 0.3) is 11.1 Å². The Morgan fingerprint density at radius 2 is 1.88 bits per heavy atom. The molecule has 0 saturated carbocycles. The summed E-state index contributed by atoms with van der Waals surface area (Å²) in [5.74, 6) is 0.00405. The molecular weight excluding hydrogens is 434 g/mol. The van der Waals surface area contributed by atoms with Crippen molar-refractivity contribution < 1.29 is 13.2 Å². The molecule has 2 aromatic rings. The van der Waals surface area contributed by atoms with Crippen LogP contribution in [0.4, 0.5) is 4.79 Å². The first kappa shape index (κ1) is 24.7. The van der Waals surface area contributed by atoms with E-state index in [1.807, 2.05) is 30.3 Å². The third kappa shape index (κ3) is 6.12. The van der Waals surface area contributed by atoms with Gasteiger partial charge in [0.2, 0.25) is 10.0 Å². The minimum absolute atomic E-state index is 0.00405. The number of likely N-dealkylation sites (tertiary alicyclic amines) is 1. The van der Waals surface area contributed by atoms with Crippen LogP contribution in [0, 0.1) is 0 Å². The van der Waals surface area contributed by atoms with Crippen molar-refractivity contribution in [2.24, 2.45) is 0 Å². The molecule has 1 heterocycles. The molecular formula is C26H33N3O3S. The van der Waals surface area contributed by atoms with Crippen molar-refractivity contribution >= 4 is 16.1 Å². The summed E-state index contributed by atoms with van der Waals surface area (Å²) in [7, 11) is -3.41. The number of carbonyl (C=O) groups excluding carboxylic acids is 1. The number of rotatable bonds is 10. The Labute approximate surface area is 197 Å². The van der Waals surface area contributed by atoms with Crippen molar-refractivity contribution in [1.82, 2.24) is 14.9 Å². The number of hydrogen-bond acceptors (Lipinski definition) is 3. The Bertz CT molecular complexity index is 1080. The molecule has 6 nitrogen and oxygen atoms in total. The van der Waals surface area contributed by atoms with E-state index in [1.54, 1.807) is 17.9 Å². The number of hydrogen-bond donors (Lipinski definition) is 2. The normalized spacial score (nSPS) is 18.2. The molecule has 0 aromatic heterocycles. The van der Waals surface area contributed by atoms with Gasteiger partial charge in [-0.05, 0) is 48.4 Å². The lowest BCUT2D eigenvalue weighted by molar-refractivity contribution is 0.190. The lowest BCUT2D eigenvalue weighted by Crippen LogP contribution is -2.50. The summed E-state index contributed by atoms with van der Waals surface area (Å²) in [6.07, 6.45) is 5.31. The second kappa shape index (κ2) is 11.3. The van der Waals surface area contributed by atoms with E-state index >= 15 is 0 Å². The summed E-state index contributed by atoms with van der Waals surface area (Å²) in [5, 5.41) is 2.84. The monoisotopic (exact) mass is 467 g/mol. The zero-order chi connectivity index (χ0) is 23.8. The van der Waals surface area contributed by atoms with Crippen molar-refractivity contribution in [1.29, 1.82) is 0 Å². The molecule has 0 radical (unpaired) electrons. The number of nitrogens with zero attached hydrogens (tertiary/aromatic N) is 1. The van der Waals surface area contributed by atoms with Crippen LogP contribution in [0.3, 0.4) is 0 Å². The lowest BCUT2D eigenvalue weighted by atomic mass is 9.89. The fourth-order valence-corrected chi connectivity index (χ4v) is 5.30. The maximum Gasteiger partial charge on any atom is 0.317 e. The molecule has 1 aliphatic rings. The molecule has 1 saturated heterocycles. The average Bonchev–Trinajstić information content (AvgIpc) is 3.20. The van der Waals surface area contributed by atoms with E-state index in [0.717, 1.165) is 22.3 Å². The molecule has 3 rings (SSSR count). The van der Waals surface area contributed by atoms with Crippen LogP contribution in [-0.2, 0) is 22.9 Å². The number of urea groups is 1. The Morgan fingerprint density at radius 1 is 1.12 bits per heavy atom. The second-order valence-electron chi connectivity index (χ2n) is 8.16. The number of nitrogens with one attached hydrogen (secondary N) is 2. The number of sulfonamides is 1. The van der Waals surface area contributed by atoms with Crippen LogP contribution in [0.1, 0.15) is 24.5 Å². The Hall–Kier alpha value is -2.90. The van der Waals surface area contributed by atoms with E-state index in [2.05, 4.69) is 47.5 Å². The summed E-state index contributed by atoms with van der Waals surface area (Å²) >= 11 is 0. The molecule has 2 atom stereocenters. The van der Waals surface area contributed by atoms with Gasteiger partial charge in [-0.15, -0.1) is 13.2 Å². The molecule has 176 valence electrons. The second-order valence-corrected chi connectivity index (χ2v) is 10.2. The Morgan fingerprint density at radius 3 is 2.55 bits per heavy atom. The van der Waals surface area contributed by atoms with Crippen LogP contribution >= 0.6 is 0 Å². The van der Waals surface area contributed by atoms with E-state index in [9.17, 15) is 13.2 Å². The van der Waals surface area contributed by atoms with Crippen LogP contribution < -0.4 is 10.0 Å². The third-order valence-corrected chi connectivity index (χ3v) is 7.47. The SMILES string of the molecule is C=CCNC(=O)N1CCC(NS(=O)(=O)CC)C1Cc1cccc(-c2ccccc2)c1CC=C. The van der Waals surface area contributed by atoms with Gasteiger partial charge < -0.3 is 10.2 Å². The van der Waals surface area contributed by atoms with Gasteiger partial charge in [-0.3, -0.25) is 0 Å². The maximum absolute atomic E-state index is 12.9. The van der Waals surface area contributed by atoms with Crippen LogP contribution in [0.15, 0.2) is 73.8 Å². The van der Waals surface area contributed by atoms with E-state index in [-0.39, 0.29) is 23.9 Å². The molecule has 2 unspecified atom stereocenters. The fourth-order valence-electron chi connectivity index (χ4n) is 4.40. The summed E-state index contributed by atoms with van der Waals surface area (Å²) < 4.78 is 27.5. The third-order valence-electron chi connectivity index (χ3n) is 6.05. The molecule has 2 N–H and O–H groups in total. The lowest BCUT2D eigenvalue weighted by Gasteiger charge is -2.30. The maximum atomic E-state index is 12.9. The van der Waals surface area contributed by atoms with Crippen LogP contribution in [-0.4, -0.2) is 50.3 Å².